The highest BCUT2D eigenvalue weighted by atomic mass is 19.1. The number of halogens is 1. The van der Waals surface area contributed by atoms with Crippen LogP contribution in [0.5, 0.6) is 5.75 Å². The normalized spacial score (nSPS) is 12.0. The van der Waals surface area contributed by atoms with Crippen LogP contribution in [0, 0.1) is 5.82 Å². The number of methoxy groups -OCH3 is 1. The molecular weight excluding hydrogens is 307 g/mol. The molecule has 0 spiro atoms. The van der Waals surface area contributed by atoms with Gasteiger partial charge in [0.1, 0.15) is 0 Å². The number of hydrogen-bond acceptors (Lipinski definition) is 3. The number of ether oxygens (including phenoxy) is 1. The molecule has 0 saturated carbocycles. The first kappa shape index (κ1) is 17.9. The van der Waals surface area contributed by atoms with E-state index in [2.05, 4.69) is 5.32 Å². The predicted octanol–water partition coefficient (Wildman–Crippen LogP) is 2.80. The summed E-state index contributed by atoms with van der Waals surface area (Å²) >= 11 is 0. The van der Waals surface area contributed by atoms with Crippen molar-refractivity contribution in [3.05, 3.63) is 65.5 Å². The van der Waals surface area contributed by atoms with Crippen molar-refractivity contribution in [3.8, 4) is 5.75 Å². The minimum absolute atomic E-state index is 0.114. The third-order valence-electron chi connectivity index (χ3n) is 3.67. The smallest absolute Gasteiger partial charge is 0.224 e. The molecule has 128 valence electrons. The van der Waals surface area contributed by atoms with Crippen LogP contribution in [0.3, 0.4) is 0 Å². The highest BCUT2D eigenvalue weighted by Crippen LogP contribution is 2.18. The van der Waals surface area contributed by atoms with Crippen molar-refractivity contribution < 1.29 is 13.9 Å². The summed E-state index contributed by atoms with van der Waals surface area (Å²) in [5.74, 6) is -0.431. The Balaban J connectivity index is 2.06. The highest BCUT2D eigenvalue weighted by molar-refractivity contribution is 5.79. The second-order valence-corrected chi connectivity index (χ2v) is 5.94. The minimum atomic E-state index is -0.462. The molecule has 0 aliphatic rings. The standard InChI is InChI=1S/C19H23FN2O2/c1-22(2)13-17(15-7-5-4-6-8-15)21-19(23)12-14-9-10-18(24-3)16(20)11-14/h4-11,17H,12-13H2,1-3H3,(H,21,23)/t17-/m1/s1. The number of nitrogens with zero attached hydrogens (tertiary/aromatic N) is 1. The van der Waals surface area contributed by atoms with Gasteiger partial charge in [-0.15, -0.1) is 0 Å². The van der Waals surface area contributed by atoms with E-state index in [-0.39, 0.29) is 24.1 Å². The largest absolute Gasteiger partial charge is 0.494 e. The van der Waals surface area contributed by atoms with Crippen LogP contribution in [-0.2, 0) is 11.2 Å². The van der Waals surface area contributed by atoms with E-state index in [4.69, 9.17) is 4.74 Å². The van der Waals surface area contributed by atoms with E-state index in [9.17, 15) is 9.18 Å². The molecule has 5 heteroatoms. The number of carbonyl (C=O) groups is 1. The fourth-order valence-corrected chi connectivity index (χ4v) is 2.54. The molecule has 0 radical (unpaired) electrons. The lowest BCUT2D eigenvalue weighted by Gasteiger charge is -2.23. The monoisotopic (exact) mass is 330 g/mol. The lowest BCUT2D eigenvalue weighted by Crippen LogP contribution is -2.36. The molecule has 24 heavy (non-hydrogen) atoms. The van der Waals surface area contributed by atoms with E-state index in [1.54, 1.807) is 6.07 Å². The molecule has 2 aromatic carbocycles. The molecule has 0 aliphatic carbocycles. The summed E-state index contributed by atoms with van der Waals surface area (Å²) in [5, 5.41) is 3.03. The van der Waals surface area contributed by atoms with Crippen molar-refractivity contribution in [2.75, 3.05) is 27.7 Å². The topological polar surface area (TPSA) is 41.6 Å². The van der Waals surface area contributed by atoms with Gasteiger partial charge in [0, 0.05) is 6.54 Å². The van der Waals surface area contributed by atoms with Crippen LogP contribution >= 0.6 is 0 Å². The summed E-state index contributed by atoms with van der Waals surface area (Å²) < 4.78 is 18.6. The van der Waals surface area contributed by atoms with E-state index in [1.807, 2.05) is 49.3 Å². The third-order valence-corrected chi connectivity index (χ3v) is 3.67. The minimum Gasteiger partial charge on any atom is -0.494 e. The van der Waals surface area contributed by atoms with E-state index < -0.39 is 5.82 Å². The first-order chi connectivity index (χ1) is 11.5. The first-order valence-electron chi connectivity index (χ1n) is 7.81. The molecule has 0 bridgehead atoms. The number of rotatable bonds is 7. The van der Waals surface area contributed by atoms with Gasteiger partial charge in [-0.1, -0.05) is 36.4 Å². The molecular formula is C19H23FN2O2. The molecule has 2 aromatic rings. The van der Waals surface area contributed by atoms with Gasteiger partial charge in [-0.2, -0.15) is 0 Å². The van der Waals surface area contributed by atoms with E-state index >= 15 is 0 Å². The number of likely N-dealkylation sites (N-methyl/N-ethyl adjacent to an activating group) is 1. The van der Waals surface area contributed by atoms with Crippen molar-refractivity contribution in [3.63, 3.8) is 0 Å². The molecule has 1 N–H and O–H groups in total. The Hall–Kier alpha value is -2.40. The van der Waals surface area contributed by atoms with Gasteiger partial charge in [-0.3, -0.25) is 4.79 Å². The number of carbonyl (C=O) groups excluding carboxylic acids is 1. The SMILES string of the molecule is COc1ccc(CC(=O)N[C@H](CN(C)C)c2ccccc2)cc1F. The van der Waals surface area contributed by atoms with Crippen LogP contribution in [0.4, 0.5) is 4.39 Å². The lowest BCUT2D eigenvalue weighted by molar-refractivity contribution is -0.121. The van der Waals surface area contributed by atoms with E-state index in [1.165, 1.54) is 19.2 Å². The van der Waals surface area contributed by atoms with Gasteiger partial charge in [0.05, 0.1) is 19.6 Å². The Kier molecular flexibility index (Phi) is 6.32. The molecule has 0 heterocycles. The van der Waals surface area contributed by atoms with Gasteiger partial charge in [-0.25, -0.2) is 4.39 Å². The maximum atomic E-state index is 13.7. The second kappa shape index (κ2) is 8.45. The van der Waals surface area contributed by atoms with Crippen molar-refractivity contribution in [1.29, 1.82) is 0 Å². The number of hydrogen-bond donors (Lipinski definition) is 1. The molecule has 0 aliphatic heterocycles. The zero-order valence-electron chi connectivity index (χ0n) is 14.3. The van der Waals surface area contributed by atoms with E-state index in [0.29, 0.717) is 12.1 Å². The Morgan fingerprint density at radius 3 is 2.50 bits per heavy atom. The van der Waals surface area contributed by atoms with Crippen LogP contribution in [0.15, 0.2) is 48.5 Å². The maximum absolute atomic E-state index is 13.7. The first-order valence-corrected chi connectivity index (χ1v) is 7.81. The van der Waals surface area contributed by atoms with Crippen LogP contribution in [0.1, 0.15) is 17.2 Å². The number of nitrogens with one attached hydrogen (secondary N) is 1. The van der Waals surface area contributed by atoms with Gasteiger partial charge in [0.15, 0.2) is 11.6 Å². The zero-order chi connectivity index (χ0) is 17.5. The molecule has 0 unspecified atom stereocenters. The summed E-state index contributed by atoms with van der Waals surface area (Å²) in [5.41, 5.74) is 1.66. The quantitative estimate of drug-likeness (QED) is 0.849. The Bertz CT molecular complexity index is 674. The van der Waals surface area contributed by atoms with Crippen LogP contribution < -0.4 is 10.1 Å². The third kappa shape index (κ3) is 5.06. The van der Waals surface area contributed by atoms with E-state index in [0.717, 1.165) is 5.56 Å². The van der Waals surface area contributed by atoms with Crippen molar-refractivity contribution >= 4 is 5.91 Å². The van der Waals surface area contributed by atoms with Crippen LogP contribution in [0.2, 0.25) is 0 Å². The summed E-state index contributed by atoms with van der Waals surface area (Å²) in [7, 11) is 5.33. The average Bonchev–Trinajstić information content (AvgIpc) is 2.55. The Morgan fingerprint density at radius 1 is 1.21 bits per heavy atom. The molecule has 0 fully saturated rings. The summed E-state index contributed by atoms with van der Waals surface area (Å²) in [6, 6.07) is 14.3. The molecule has 1 amide bonds. The van der Waals surface area contributed by atoms with Gasteiger partial charge >= 0.3 is 0 Å². The maximum Gasteiger partial charge on any atom is 0.224 e. The second-order valence-electron chi connectivity index (χ2n) is 5.94. The predicted molar refractivity (Wildman–Crippen MR) is 92.5 cm³/mol. The summed E-state index contributed by atoms with van der Waals surface area (Å²) in [4.78, 5) is 14.4. The lowest BCUT2D eigenvalue weighted by atomic mass is 10.1. The van der Waals surface area contributed by atoms with Crippen molar-refractivity contribution in [1.82, 2.24) is 10.2 Å². The van der Waals surface area contributed by atoms with Crippen LogP contribution in [0.25, 0.3) is 0 Å². The number of amides is 1. The van der Waals surface area contributed by atoms with Gasteiger partial charge in [0.25, 0.3) is 0 Å². The van der Waals surface area contributed by atoms with Crippen molar-refractivity contribution in [2.24, 2.45) is 0 Å². The average molecular weight is 330 g/mol. The van der Waals surface area contributed by atoms with Gasteiger partial charge < -0.3 is 15.0 Å². The fourth-order valence-electron chi connectivity index (χ4n) is 2.54. The number of benzene rings is 2. The summed E-state index contributed by atoms with van der Waals surface area (Å²) in [6.07, 6.45) is 0.123. The van der Waals surface area contributed by atoms with Gasteiger partial charge in [-0.05, 0) is 37.4 Å². The molecule has 1 atom stereocenters. The van der Waals surface area contributed by atoms with Crippen LogP contribution in [-0.4, -0.2) is 38.6 Å². The van der Waals surface area contributed by atoms with Gasteiger partial charge in [0.2, 0.25) is 5.91 Å². The molecule has 0 aromatic heterocycles. The van der Waals surface area contributed by atoms with Crippen molar-refractivity contribution in [2.45, 2.75) is 12.5 Å². The highest BCUT2D eigenvalue weighted by Gasteiger charge is 2.16. The molecule has 0 saturated heterocycles. The summed E-state index contributed by atoms with van der Waals surface area (Å²) in [6.45, 7) is 0.687. The Morgan fingerprint density at radius 2 is 1.92 bits per heavy atom. The molecule has 2 rings (SSSR count). The Labute approximate surface area is 142 Å². The zero-order valence-corrected chi connectivity index (χ0v) is 14.3. The fraction of sp³-hybridized carbons (Fsp3) is 0.316. The molecule has 4 nitrogen and oxygen atoms in total.